The maximum Gasteiger partial charge on any atom is 0.534 e. The first-order valence-corrected chi connectivity index (χ1v) is 32.3. The Morgan fingerprint density at radius 2 is 0.477 bits per heavy atom. The van der Waals surface area contributed by atoms with Gasteiger partial charge >= 0.3 is 31.3 Å². The van der Waals surface area contributed by atoms with Gasteiger partial charge in [-0.05, 0) is 117 Å². The van der Waals surface area contributed by atoms with E-state index in [0.29, 0.717) is 61.2 Å². The number of ether oxygens (including phenoxy) is 1. The van der Waals surface area contributed by atoms with E-state index in [9.17, 15) is 58.5 Å². The lowest BCUT2D eigenvalue weighted by Gasteiger charge is -2.28. The molecule has 12 bridgehead atoms. The molecule has 0 spiro atoms. The molecule has 0 amide bonds. The van der Waals surface area contributed by atoms with Crippen molar-refractivity contribution in [2.75, 3.05) is 6.61 Å². The van der Waals surface area contributed by atoms with Gasteiger partial charge < -0.3 is 28.4 Å². The van der Waals surface area contributed by atoms with Crippen molar-refractivity contribution in [2.45, 2.75) is 214 Å². The molecule has 88 heavy (non-hydrogen) atoms. The molecular formula is C70H86F6O10S2. The topological polar surface area (TPSA) is 157 Å². The van der Waals surface area contributed by atoms with Crippen molar-refractivity contribution < 1.29 is 71.6 Å². The van der Waals surface area contributed by atoms with Gasteiger partial charge in [-0.15, -0.1) is 0 Å². The third-order valence-electron chi connectivity index (χ3n) is 16.3. The van der Waals surface area contributed by atoms with Gasteiger partial charge in [0.25, 0.3) is 0 Å². The van der Waals surface area contributed by atoms with E-state index in [1.54, 1.807) is 67.6 Å². The fourth-order valence-electron chi connectivity index (χ4n) is 10.8. The number of hydrogen-bond acceptors (Lipinski definition) is 10. The largest absolute Gasteiger partial charge is 0.534 e. The average molecular weight is 1270 g/mol. The molecule has 7 rings (SSSR count). The van der Waals surface area contributed by atoms with Crippen LogP contribution in [0.3, 0.4) is 0 Å². The van der Waals surface area contributed by atoms with Gasteiger partial charge in [0.2, 0.25) is 0 Å². The zero-order chi connectivity index (χ0) is 66.4. The van der Waals surface area contributed by atoms with E-state index >= 15 is 0 Å². The van der Waals surface area contributed by atoms with Crippen LogP contribution in [0, 0.1) is 0 Å². The van der Waals surface area contributed by atoms with Gasteiger partial charge in [-0.2, -0.15) is 43.2 Å². The molecule has 0 saturated heterocycles. The summed E-state index contributed by atoms with van der Waals surface area (Å²) in [6.45, 7) is 36.2. The van der Waals surface area contributed by atoms with Crippen LogP contribution in [0.2, 0.25) is 0 Å². The lowest BCUT2D eigenvalue weighted by Crippen LogP contribution is -2.29. The van der Waals surface area contributed by atoms with Crippen molar-refractivity contribution >= 4 is 20.2 Å². The van der Waals surface area contributed by atoms with Gasteiger partial charge in [-0.1, -0.05) is 197 Å². The minimum Gasteiger partial charge on any atom is -0.507 e. The first-order chi connectivity index (χ1) is 39.8. The van der Waals surface area contributed by atoms with Crippen LogP contribution < -0.4 is 13.1 Å². The third-order valence-corrected chi connectivity index (χ3v) is 18.2. The molecule has 1 aliphatic carbocycles. The molecule has 6 aromatic rings. The lowest BCUT2D eigenvalue weighted by atomic mass is 9.79. The summed E-state index contributed by atoms with van der Waals surface area (Å²) in [6, 6.07) is 20.5. The maximum absolute atomic E-state index is 14.8. The van der Waals surface area contributed by atoms with E-state index in [2.05, 4.69) is 0 Å². The second-order valence-corrected chi connectivity index (χ2v) is 32.8. The smallest absolute Gasteiger partial charge is 0.507 e. The van der Waals surface area contributed by atoms with E-state index in [-0.39, 0.29) is 102 Å². The highest BCUT2D eigenvalue weighted by Gasteiger charge is 2.50. The second kappa shape index (κ2) is 23.4. The van der Waals surface area contributed by atoms with Crippen LogP contribution in [0.5, 0.6) is 34.5 Å². The van der Waals surface area contributed by atoms with Crippen LogP contribution in [-0.2, 0) is 91.3 Å². The Balaban J connectivity index is 1.73. The van der Waals surface area contributed by atoms with Crippen LogP contribution >= 0.6 is 0 Å². The SMILES string of the molecule is CCOc1c2cc(C(C)(C)C)cc1Cc1cc(C(C)(C)C)cc(c1OS(=O)(=O)C(F)(F)F)Cc1cc(C(C)(C)C)cc(c1O)Cc1cc(C(C)(C)C)cc(c1O)Cc1cc(C(C)(C)C)cc(c1O)Cc1cc(C(C)(C)C)cc(c1OS(=O)(=O)C(F)(F)F)C2. The minimum atomic E-state index is -6.41. The van der Waals surface area contributed by atoms with Gasteiger partial charge in [0.15, 0.2) is 0 Å². The number of phenols is 3. The Morgan fingerprint density at radius 3 is 0.648 bits per heavy atom. The third kappa shape index (κ3) is 15.1. The first kappa shape index (κ1) is 69.1. The molecule has 0 aliphatic heterocycles. The van der Waals surface area contributed by atoms with Crippen molar-refractivity contribution in [1.29, 1.82) is 0 Å². The highest BCUT2D eigenvalue weighted by Crippen LogP contribution is 2.47. The second-order valence-electron chi connectivity index (χ2n) is 29.8. The number of hydrogen-bond donors (Lipinski definition) is 3. The summed E-state index contributed by atoms with van der Waals surface area (Å²) >= 11 is 0. The average Bonchev–Trinajstić information content (AvgIpc) is 0.910. The number of rotatable bonds is 6. The highest BCUT2D eigenvalue weighted by atomic mass is 32.2. The Kier molecular flexibility index (Phi) is 18.4. The van der Waals surface area contributed by atoms with Gasteiger partial charge in [0, 0.05) is 60.8 Å². The number of aromatic hydroxyl groups is 3. The maximum atomic E-state index is 14.8. The van der Waals surface area contributed by atoms with Crippen LogP contribution in [0.4, 0.5) is 26.3 Å². The van der Waals surface area contributed by atoms with E-state index in [1.165, 1.54) is 0 Å². The lowest BCUT2D eigenvalue weighted by molar-refractivity contribution is -0.0505. The summed E-state index contributed by atoms with van der Waals surface area (Å²) in [5.74, 6) is -1.91. The van der Waals surface area contributed by atoms with Crippen LogP contribution in [0.25, 0.3) is 0 Å². The fourth-order valence-corrected chi connectivity index (χ4v) is 11.9. The van der Waals surface area contributed by atoms with Crippen molar-refractivity contribution in [3.05, 3.63) is 173 Å². The summed E-state index contributed by atoms with van der Waals surface area (Å²) in [7, 11) is -12.8. The van der Waals surface area contributed by atoms with Crippen LogP contribution in [-0.4, -0.2) is 49.8 Å². The molecule has 0 atom stereocenters. The Hall–Kier alpha value is -6.40. The first-order valence-electron chi connectivity index (χ1n) is 29.5. The molecule has 0 radical (unpaired) electrons. The Labute approximate surface area is 517 Å². The zero-order valence-electron chi connectivity index (χ0n) is 54.2. The zero-order valence-corrected chi connectivity index (χ0v) is 55.8. The van der Waals surface area contributed by atoms with Crippen molar-refractivity contribution in [3.8, 4) is 34.5 Å². The number of halogens is 6. The van der Waals surface area contributed by atoms with Gasteiger partial charge in [0.1, 0.15) is 34.5 Å². The Morgan fingerprint density at radius 1 is 0.318 bits per heavy atom. The van der Waals surface area contributed by atoms with Crippen LogP contribution in [0.1, 0.15) is 232 Å². The van der Waals surface area contributed by atoms with E-state index in [0.717, 1.165) is 5.56 Å². The number of alkyl halides is 6. The molecule has 0 fully saturated rings. The van der Waals surface area contributed by atoms with Gasteiger partial charge in [-0.25, -0.2) is 0 Å². The standard InChI is InChI=1S/C70H86F6O10S2/c1-20-84-60-45-25-49-37-55(67(14,15)16)35-47(61(49)85-87(80,81)69(71,72)73)23-43-31-52(64(5,6)7)29-41(58(43)78)21-39-27-51(63(2,3)4)28-40(57(39)77)22-42-30-53(65(8,9)10)32-44(59(42)79)24-48-36-56(68(17,18)19)38-50(62(48)86-88(82,83)70(74,75)76)26-46(60)34-54(33-45)66(11,12)13/h27-38,77-79H,20-26H2,1-19H3. The molecule has 0 saturated carbocycles. The van der Waals surface area contributed by atoms with Crippen molar-refractivity contribution in [2.24, 2.45) is 0 Å². The predicted octanol–water partition coefficient (Wildman–Crippen LogP) is 17.3. The molecule has 0 unspecified atom stereocenters. The Bertz CT molecular complexity index is 3680. The van der Waals surface area contributed by atoms with E-state index in [1.807, 2.05) is 137 Å². The normalized spacial score (nSPS) is 14.5. The summed E-state index contributed by atoms with van der Waals surface area (Å²) in [6.07, 6.45) is -1.63. The summed E-state index contributed by atoms with van der Waals surface area (Å²) < 4.78 is 160. The number of phenolic OH excluding ortho intramolecular Hbond substituents is 3. The molecule has 18 heteroatoms. The van der Waals surface area contributed by atoms with Crippen molar-refractivity contribution in [3.63, 3.8) is 0 Å². The van der Waals surface area contributed by atoms with E-state index < -0.39 is 75.2 Å². The molecular weight excluding hydrogens is 1180 g/mol. The molecule has 480 valence electrons. The predicted molar refractivity (Wildman–Crippen MR) is 335 cm³/mol. The molecule has 3 N–H and O–H groups in total. The molecule has 6 aromatic carbocycles. The van der Waals surface area contributed by atoms with Crippen molar-refractivity contribution in [1.82, 2.24) is 0 Å². The monoisotopic (exact) mass is 1260 g/mol. The molecule has 1 aliphatic rings. The van der Waals surface area contributed by atoms with Gasteiger partial charge in [0.05, 0.1) is 6.61 Å². The molecule has 0 aromatic heterocycles. The fraction of sp³-hybridized carbons (Fsp3) is 0.486. The highest BCUT2D eigenvalue weighted by molar-refractivity contribution is 7.88. The van der Waals surface area contributed by atoms with Gasteiger partial charge in [-0.3, -0.25) is 0 Å². The van der Waals surface area contributed by atoms with E-state index in [4.69, 9.17) is 13.1 Å². The quantitative estimate of drug-likeness (QED) is 0.0832. The summed E-state index contributed by atoms with van der Waals surface area (Å²) in [4.78, 5) is 0. The molecule has 10 nitrogen and oxygen atoms in total. The van der Waals surface area contributed by atoms with Crippen LogP contribution in [0.15, 0.2) is 72.8 Å². The number of benzene rings is 6. The molecule has 0 heterocycles. The summed E-state index contributed by atoms with van der Waals surface area (Å²) in [5.41, 5.74) is -9.62. The minimum absolute atomic E-state index is 0.0244. The summed E-state index contributed by atoms with van der Waals surface area (Å²) in [5, 5.41) is 37.9. The number of fused-ring (bicyclic) bond motifs is 12.